The summed E-state index contributed by atoms with van der Waals surface area (Å²) in [5, 5.41) is 19.9. The van der Waals surface area contributed by atoms with Gasteiger partial charge in [0, 0.05) is 17.7 Å². The molecule has 0 saturated heterocycles. The van der Waals surface area contributed by atoms with E-state index in [1.54, 1.807) is 13.0 Å². The predicted molar refractivity (Wildman–Crippen MR) is 75.0 cm³/mol. The zero-order chi connectivity index (χ0) is 15.7. The van der Waals surface area contributed by atoms with E-state index in [0.29, 0.717) is 5.56 Å². The van der Waals surface area contributed by atoms with Crippen LogP contribution >= 0.6 is 0 Å². The van der Waals surface area contributed by atoms with Crippen LogP contribution in [-0.2, 0) is 0 Å². The Morgan fingerprint density at radius 1 is 1.33 bits per heavy atom. The third kappa shape index (κ3) is 2.64. The van der Waals surface area contributed by atoms with Crippen LogP contribution in [-0.4, -0.2) is 26.0 Å². The van der Waals surface area contributed by atoms with E-state index >= 15 is 0 Å². The SMILES string of the molecule is Cc1ccc([N+](=O)[O-])cc1-c1nc(C)c(C(=O)O)c(N)n1. The first-order valence-electron chi connectivity index (χ1n) is 5.94. The van der Waals surface area contributed by atoms with Crippen LogP contribution in [0, 0.1) is 24.0 Å². The lowest BCUT2D eigenvalue weighted by molar-refractivity contribution is -0.384. The molecule has 2 aromatic rings. The van der Waals surface area contributed by atoms with E-state index in [1.807, 2.05) is 0 Å². The molecule has 0 aliphatic heterocycles. The van der Waals surface area contributed by atoms with Gasteiger partial charge in [-0.2, -0.15) is 0 Å². The van der Waals surface area contributed by atoms with E-state index in [2.05, 4.69) is 9.97 Å². The Morgan fingerprint density at radius 2 is 2.00 bits per heavy atom. The Hall–Kier alpha value is -3.03. The topological polar surface area (TPSA) is 132 Å². The molecule has 0 fully saturated rings. The van der Waals surface area contributed by atoms with Crippen LogP contribution in [0.2, 0.25) is 0 Å². The Morgan fingerprint density at radius 3 is 2.52 bits per heavy atom. The molecule has 2 rings (SSSR count). The van der Waals surface area contributed by atoms with Crippen molar-refractivity contribution in [2.75, 3.05) is 5.73 Å². The predicted octanol–water partition coefficient (Wildman–Crippen LogP) is 1.95. The molecule has 0 radical (unpaired) electrons. The maximum absolute atomic E-state index is 11.1. The van der Waals surface area contributed by atoms with Crippen LogP contribution in [0.3, 0.4) is 0 Å². The number of rotatable bonds is 3. The second-order valence-electron chi connectivity index (χ2n) is 4.45. The Labute approximate surface area is 119 Å². The molecule has 1 aromatic heterocycles. The monoisotopic (exact) mass is 288 g/mol. The number of benzene rings is 1. The molecule has 0 unspecified atom stereocenters. The number of carbonyl (C=O) groups is 1. The Balaban J connectivity index is 2.65. The zero-order valence-electron chi connectivity index (χ0n) is 11.3. The molecule has 8 heteroatoms. The van der Waals surface area contributed by atoms with Gasteiger partial charge in [-0.1, -0.05) is 6.07 Å². The highest BCUT2D eigenvalue weighted by Gasteiger charge is 2.18. The summed E-state index contributed by atoms with van der Waals surface area (Å²) in [5.41, 5.74) is 6.75. The second kappa shape index (κ2) is 5.16. The van der Waals surface area contributed by atoms with Gasteiger partial charge in [0.25, 0.3) is 5.69 Å². The number of non-ortho nitro benzene ring substituents is 1. The van der Waals surface area contributed by atoms with Crippen LogP contribution in [0.25, 0.3) is 11.4 Å². The van der Waals surface area contributed by atoms with Gasteiger partial charge < -0.3 is 10.8 Å². The average Bonchev–Trinajstić information content (AvgIpc) is 2.37. The van der Waals surface area contributed by atoms with E-state index in [1.165, 1.54) is 19.1 Å². The fourth-order valence-electron chi connectivity index (χ4n) is 1.94. The van der Waals surface area contributed by atoms with Crippen LogP contribution in [0.1, 0.15) is 21.6 Å². The van der Waals surface area contributed by atoms with E-state index in [9.17, 15) is 14.9 Å². The third-order valence-electron chi connectivity index (χ3n) is 3.00. The zero-order valence-corrected chi connectivity index (χ0v) is 11.3. The fraction of sp³-hybridized carbons (Fsp3) is 0.154. The normalized spacial score (nSPS) is 10.4. The molecular weight excluding hydrogens is 276 g/mol. The number of anilines is 1. The number of hydrogen-bond acceptors (Lipinski definition) is 6. The minimum Gasteiger partial charge on any atom is -0.477 e. The maximum atomic E-state index is 11.1. The largest absolute Gasteiger partial charge is 0.477 e. The number of nitrogens with two attached hydrogens (primary N) is 1. The smallest absolute Gasteiger partial charge is 0.341 e. The molecule has 8 nitrogen and oxygen atoms in total. The lowest BCUT2D eigenvalue weighted by Gasteiger charge is -2.09. The van der Waals surface area contributed by atoms with Gasteiger partial charge in [0.1, 0.15) is 11.4 Å². The van der Waals surface area contributed by atoms with Crippen molar-refractivity contribution in [2.45, 2.75) is 13.8 Å². The summed E-state index contributed by atoms with van der Waals surface area (Å²) in [7, 11) is 0. The summed E-state index contributed by atoms with van der Waals surface area (Å²) in [5.74, 6) is -1.22. The summed E-state index contributed by atoms with van der Waals surface area (Å²) >= 11 is 0. The first-order chi connectivity index (χ1) is 9.81. The minimum atomic E-state index is -1.22. The highest BCUT2D eigenvalue weighted by molar-refractivity contribution is 5.94. The van der Waals surface area contributed by atoms with Crippen LogP contribution in [0.4, 0.5) is 11.5 Å². The highest BCUT2D eigenvalue weighted by atomic mass is 16.6. The lowest BCUT2D eigenvalue weighted by atomic mass is 10.1. The average molecular weight is 288 g/mol. The van der Waals surface area contributed by atoms with Crippen molar-refractivity contribution in [3.63, 3.8) is 0 Å². The molecule has 21 heavy (non-hydrogen) atoms. The molecule has 0 bridgehead atoms. The van der Waals surface area contributed by atoms with E-state index < -0.39 is 10.9 Å². The van der Waals surface area contributed by atoms with Gasteiger partial charge in [-0.3, -0.25) is 10.1 Å². The summed E-state index contributed by atoms with van der Waals surface area (Å²) in [6.45, 7) is 3.25. The number of nitro groups is 1. The summed E-state index contributed by atoms with van der Waals surface area (Å²) in [6, 6.07) is 4.29. The van der Waals surface area contributed by atoms with Gasteiger partial charge in [-0.15, -0.1) is 0 Å². The summed E-state index contributed by atoms with van der Waals surface area (Å²) < 4.78 is 0. The number of aromatic carboxylic acids is 1. The summed E-state index contributed by atoms with van der Waals surface area (Å²) in [4.78, 5) is 29.4. The van der Waals surface area contributed by atoms with E-state index in [-0.39, 0.29) is 28.6 Å². The summed E-state index contributed by atoms with van der Waals surface area (Å²) in [6.07, 6.45) is 0. The molecule has 0 aliphatic rings. The molecule has 108 valence electrons. The van der Waals surface area contributed by atoms with Crippen molar-refractivity contribution in [1.82, 2.24) is 9.97 Å². The number of carboxylic acids is 1. The van der Waals surface area contributed by atoms with Gasteiger partial charge >= 0.3 is 5.97 Å². The molecule has 1 aromatic carbocycles. The molecule has 0 atom stereocenters. The first kappa shape index (κ1) is 14.4. The number of carboxylic acid groups (broad SMARTS) is 1. The molecule has 0 spiro atoms. The van der Waals surface area contributed by atoms with Gasteiger partial charge in [-0.05, 0) is 19.4 Å². The van der Waals surface area contributed by atoms with Crippen molar-refractivity contribution >= 4 is 17.5 Å². The van der Waals surface area contributed by atoms with E-state index in [0.717, 1.165) is 5.56 Å². The molecule has 0 saturated carbocycles. The van der Waals surface area contributed by atoms with Gasteiger partial charge in [-0.25, -0.2) is 14.8 Å². The number of nitro benzene ring substituents is 1. The van der Waals surface area contributed by atoms with Crippen LogP contribution < -0.4 is 5.73 Å². The standard InChI is InChI=1S/C13H12N4O4/c1-6-3-4-8(17(20)21)5-9(6)12-15-7(2)10(13(18)19)11(14)16-12/h3-5H,1-2H3,(H,18,19)(H2,14,15,16). The van der Waals surface area contributed by atoms with Crippen molar-refractivity contribution in [2.24, 2.45) is 0 Å². The molecule has 0 aliphatic carbocycles. The minimum absolute atomic E-state index is 0.0993. The first-order valence-corrected chi connectivity index (χ1v) is 5.94. The highest BCUT2D eigenvalue weighted by Crippen LogP contribution is 2.27. The quantitative estimate of drug-likeness (QED) is 0.651. The van der Waals surface area contributed by atoms with Crippen molar-refractivity contribution in [1.29, 1.82) is 0 Å². The molecule has 3 N–H and O–H groups in total. The number of nitrogens with zero attached hydrogens (tertiary/aromatic N) is 3. The number of aryl methyl sites for hydroxylation is 2. The Bertz CT molecular complexity index is 735. The van der Waals surface area contributed by atoms with Crippen molar-refractivity contribution < 1.29 is 14.8 Å². The number of aromatic nitrogens is 2. The lowest BCUT2D eigenvalue weighted by Crippen LogP contribution is -2.10. The van der Waals surface area contributed by atoms with Gasteiger partial charge in [0.2, 0.25) is 0 Å². The van der Waals surface area contributed by atoms with Gasteiger partial charge in [0.15, 0.2) is 5.82 Å². The van der Waals surface area contributed by atoms with Crippen LogP contribution in [0.15, 0.2) is 18.2 Å². The second-order valence-corrected chi connectivity index (χ2v) is 4.45. The van der Waals surface area contributed by atoms with Crippen molar-refractivity contribution in [3.8, 4) is 11.4 Å². The number of hydrogen-bond donors (Lipinski definition) is 2. The maximum Gasteiger partial charge on any atom is 0.341 e. The number of nitrogen functional groups attached to an aromatic ring is 1. The molecular formula is C13H12N4O4. The molecule has 1 heterocycles. The van der Waals surface area contributed by atoms with Crippen molar-refractivity contribution in [3.05, 3.63) is 45.1 Å². The fourth-order valence-corrected chi connectivity index (χ4v) is 1.94. The molecule has 0 amide bonds. The van der Waals surface area contributed by atoms with Gasteiger partial charge in [0.05, 0.1) is 10.6 Å². The Kier molecular flexibility index (Phi) is 3.53. The third-order valence-corrected chi connectivity index (χ3v) is 3.00. The van der Waals surface area contributed by atoms with Crippen LogP contribution in [0.5, 0.6) is 0 Å². The van der Waals surface area contributed by atoms with E-state index in [4.69, 9.17) is 10.8 Å².